The molecule has 10 heterocycles. The van der Waals surface area contributed by atoms with Gasteiger partial charge in [0, 0.05) is 22.3 Å². The second-order valence-corrected chi connectivity index (χ2v) is 27.7. The molecule has 0 amide bonds. The lowest BCUT2D eigenvalue weighted by atomic mass is 10.0. The lowest BCUT2D eigenvalue weighted by Gasteiger charge is -2.05. The molecular weight excluding hydrogens is 1340 g/mol. The van der Waals surface area contributed by atoms with Crippen LogP contribution in [0.25, 0.3) is 107 Å². The summed E-state index contributed by atoms with van der Waals surface area (Å²) in [6.07, 6.45) is 9.89. The largest absolute Gasteiger partial charge is 0.236 e. The fourth-order valence-corrected chi connectivity index (χ4v) is 16.3. The average molecular weight is 1400 g/mol. The van der Waals surface area contributed by atoms with Gasteiger partial charge in [-0.3, -0.25) is 0 Å². The Morgan fingerprint density at radius 1 is 0.296 bits per heavy atom. The Kier molecular flexibility index (Phi) is 16.0. The van der Waals surface area contributed by atoms with Gasteiger partial charge in [0.05, 0.1) is 124 Å². The highest BCUT2D eigenvalue weighted by molar-refractivity contribution is 6.00. The van der Waals surface area contributed by atoms with Gasteiger partial charge >= 0.3 is 0 Å². The maximum atomic E-state index is 9.33. The van der Waals surface area contributed by atoms with Gasteiger partial charge < -0.3 is 0 Å². The Balaban J connectivity index is 0.000000103. The molecule has 20 nitrogen and oxygen atoms in total. The number of nitrogens with zero attached hydrogens (tertiary/aromatic N) is 20. The molecule has 5 aliphatic rings. The van der Waals surface area contributed by atoms with Gasteiger partial charge in [0.1, 0.15) is 56.0 Å². The maximum Gasteiger partial charge on any atom is 0.217 e. The Morgan fingerprint density at radius 3 is 1.10 bits per heavy atom. The van der Waals surface area contributed by atoms with Crippen LogP contribution in [0.1, 0.15) is 100 Å². The highest BCUT2D eigenvalue weighted by atomic mass is 15.5. The average Bonchev–Trinajstić information content (AvgIpc) is 1.60. The van der Waals surface area contributed by atoms with Crippen molar-refractivity contribution >= 4 is 83.0 Å². The fraction of sp³-hybridized carbons (Fsp3) is 0.148. The third kappa shape index (κ3) is 10.3. The topological polar surface area (TPSA) is 185 Å². The van der Waals surface area contributed by atoms with Crippen LogP contribution in [0.5, 0.6) is 0 Å². The van der Waals surface area contributed by atoms with E-state index in [0.29, 0.717) is 56.3 Å². The van der Waals surface area contributed by atoms with Crippen LogP contribution in [0.2, 0.25) is 0 Å². The lowest BCUT2D eigenvalue weighted by Crippen LogP contribution is -2.36. The molecule has 108 heavy (non-hydrogen) atoms. The lowest BCUT2D eigenvalue weighted by molar-refractivity contribution is -0.749. The fourth-order valence-electron chi connectivity index (χ4n) is 16.3. The molecule has 0 bridgehead atoms. The molecule has 15 aromatic rings. The molecule has 20 heteroatoms. The van der Waals surface area contributed by atoms with E-state index in [4.69, 9.17) is 32.9 Å². The molecule has 0 atom stereocenters. The zero-order chi connectivity index (χ0) is 75.4. The molecule has 0 aliphatic carbocycles. The van der Waals surface area contributed by atoms with Crippen molar-refractivity contribution in [2.75, 3.05) is 0 Å². The molecule has 5 aromatic heterocycles. The minimum Gasteiger partial charge on any atom is -0.236 e. The van der Waals surface area contributed by atoms with Crippen LogP contribution in [0.15, 0.2) is 164 Å². The molecule has 0 unspecified atom stereocenters. The van der Waals surface area contributed by atoms with Crippen molar-refractivity contribution in [3.63, 3.8) is 0 Å². The number of aromatic nitrogens is 10. The number of nitriles is 5. The first-order valence-electron chi connectivity index (χ1n) is 34.7. The van der Waals surface area contributed by atoms with Crippen LogP contribution in [0.3, 0.4) is 0 Å². The van der Waals surface area contributed by atoms with Crippen molar-refractivity contribution in [3.8, 4) is 58.8 Å². The number of benzene rings is 10. The van der Waals surface area contributed by atoms with Crippen molar-refractivity contribution < 1.29 is 23.4 Å². The number of para-hydroxylation sites is 1. The van der Waals surface area contributed by atoms with Crippen LogP contribution >= 0.6 is 0 Å². The maximum absolute atomic E-state index is 9.33. The van der Waals surface area contributed by atoms with Crippen molar-refractivity contribution in [3.05, 3.63) is 322 Å². The molecule has 0 fully saturated rings. The van der Waals surface area contributed by atoms with Gasteiger partial charge in [-0.15, -0.1) is 46.8 Å². The van der Waals surface area contributed by atoms with Crippen LogP contribution in [0.4, 0.5) is 28.4 Å². The summed E-state index contributed by atoms with van der Waals surface area (Å²) < 4.78 is 20.8. The summed E-state index contributed by atoms with van der Waals surface area (Å²) in [6.45, 7) is 57.8. The minimum absolute atomic E-state index is 0.580. The van der Waals surface area contributed by atoms with E-state index in [-0.39, 0.29) is 0 Å². The molecule has 0 N–H and O–H groups in total. The quantitative estimate of drug-likeness (QED) is 0.108. The third-order valence-corrected chi connectivity index (χ3v) is 21.0. The standard InChI is InChI=1S/3C18H13N4.2C17H11N4/c1-11-6-14-9-21-10-15-13(8-19)4-5-16(20-3)18(15)22(21)17(14)7-12(11)2;1-11-6-12(2)14-9-21-10-15-13(8-19)4-5-16(20-3)18(15)22(21)17(14)7-11;1-11-6-12(2)17-14(7-11)9-21-10-15-13(8-19)4-5-16(20-3)18(15)22(17)21;1-11-3-6-16-13(7-11)9-20-10-14-12(8-18)4-5-15(19-2)17(14)21(16)20;1-11-4-3-5-13-9-20-10-14-12(8-18)6-7-15(19-2)17(14)21(20)16(11)13/h3*4-7,10H,9H2,1-2H3;2*3-7,10H,9H2,1H3/q5*+1. The summed E-state index contributed by atoms with van der Waals surface area (Å²) >= 11 is 0. The van der Waals surface area contributed by atoms with Gasteiger partial charge in [0.15, 0.2) is 32.7 Å². The highest BCUT2D eigenvalue weighted by Gasteiger charge is 2.37. The number of hydrogen-bond acceptors (Lipinski definition) is 5. The van der Waals surface area contributed by atoms with Crippen LogP contribution < -0.4 is 23.4 Å². The Hall–Kier alpha value is -15.6. The summed E-state index contributed by atoms with van der Waals surface area (Å²) in [5, 5.41) is 50.8. The molecule has 0 saturated heterocycles. The molecule has 0 spiro atoms. The van der Waals surface area contributed by atoms with E-state index in [1.54, 1.807) is 60.7 Å². The Labute approximate surface area is 621 Å². The normalized spacial score (nSPS) is 11.8. The highest BCUT2D eigenvalue weighted by Crippen LogP contribution is 2.41. The first kappa shape index (κ1) is 67.0. The first-order chi connectivity index (χ1) is 52.4. The number of rotatable bonds is 0. The zero-order valence-corrected chi connectivity index (χ0v) is 60.1. The van der Waals surface area contributed by atoms with Crippen molar-refractivity contribution in [2.45, 2.75) is 88.1 Å². The molecule has 20 rings (SSSR count). The third-order valence-electron chi connectivity index (χ3n) is 21.0. The predicted octanol–water partition coefficient (Wildman–Crippen LogP) is 16.0. The number of aryl methyl sites for hydroxylation is 8. The molecule has 0 saturated carbocycles. The smallest absolute Gasteiger partial charge is 0.217 e. The van der Waals surface area contributed by atoms with E-state index in [1.807, 2.05) is 31.0 Å². The molecule has 5 aliphatic heterocycles. The second-order valence-electron chi connectivity index (χ2n) is 27.7. The van der Waals surface area contributed by atoms with E-state index < -0.39 is 0 Å². The van der Waals surface area contributed by atoms with Gasteiger partial charge in [0.25, 0.3) is 0 Å². The predicted molar refractivity (Wildman–Crippen MR) is 406 cm³/mol. The zero-order valence-electron chi connectivity index (χ0n) is 60.1. The van der Waals surface area contributed by atoms with E-state index >= 15 is 0 Å². The van der Waals surface area contributed by atoms with Gasteiger partial charge in [-0.25, -0.2) is 24.2 Å². The molecule has 0 radical (unpaired) electrons. The number of hydrogen-bond donors (Lipinski definition) is 0. The van der Waals surface area contributed by atoms with Crippen LogP contribution in [-0.4, -0.2) is 23.4 Å². The molecular formula is C88H61N20+5. The van der Waals surface area contributed by atoms with Gasteiger partial charge in [-0.2, -0.15) is 26.3 Å². The van der Waals surface area contributed by atoms with Crippen molar-refractivity contribution in [1.29, 1.82) is 26.3 Å². The first-order valence-corrected chi connectivity index (χ1v) is 34.7. The summed E-state index contributed by atoms with van der Waals surface area (Å²) in [5.74, 6) is 0. The Morgan fingerprint density at radius 2 is 0.648 bits per heavy atom. The summed E-state index contributed by atoms with van der Waals surface area (Å²) in [7, 11) is 0. The number of fused-ring (bicyclic) bond motifs is 25. The second kappa shape index (κ2) is 25.8. The van der Waals surface area contributed by atoms with Crippen LogP contribution in [-0.2, 0) is 32.7 Å². The van der Waals surface area contributed by atoms with E-state index in [0.717, 1.165) is 116 Å². The monoisotopic (exact) mass is 1400 g/mol. The summed E-state index contributed by atoms with van der Waals surface area (Å²) in [6, 6.07) is 54.1. The van der Waals surface area contributed by atoms with Gasteiger partial charge in [0.2, 0.25) is 59.4 Å². The summed E-state index contributed by atoms with van der Waals surface area (Å²) in [5.41, 5.74) is 31.8. The summed E-state index contributed by atoms with van der Waals surface area (Å²) in [4.78, 5) is 18.2. The van der Waals surface area contributed by atoms with E-state index in [9.17, 15) is 26.3 Å². The van der Waals surface area contributed by atoms with Crippen LogP contribution in [0, 0.1) is 145 Å². The molecule has 508 valence electrons. The van der Waals surface area contributed by atoms with Crippen molar-refractivity contribution in [1.82, 2.24) is 23.4 Å². The van der Waals surface area contributed by atoms with Crippen molar-refractivity contribution in [2.24, 2.45) is 0 Å². The Bertz CT molecular complexity index is 7080. The minimum atomic E-state index is 0.580. The van der Waals surface area contributed by atoms with Gasteiger partial charge in [-0.05, 0) is 125 Å². The van der Waals surface area contributed by atoms with E-state index in [1.165, 1.54) is 72.3 Å². The SMILES string of the molecule is [C-]#[N+]c1ccc(C#N)c2c[n+]3n(c12)-c1c(C)cc(C)cc1C3.[C-]#[N+]c1ccc(C#N)c2c[n+]3n(c12)-c1c(C)cccc1C3.[C-]#[N+]c1ccc(C#N)c2c[n+]3n(c12)-c1cc(C)c(C)cc1C3.[C-]#[N+]c1ccc(C#N)c2c[n+]3n(c12)-c1cc(C)cc(C)c1C3.[C-]#[N+]c1ccc(C#N)c2c[n+]3n(c12)-c1ccc(C)cc1C3. The van der Waals surface area contributed by atoms with Gasteiger partial charge in [-0.1, -0.05) is 108 Å². The van der Waals surface area contributed by atoms with E-state index in [2.05, 4.69) is 230 Å². The molecule has 10 aromatic carbocycles.